The van der Waals surface area contributed by atoms with Crippen molar-refractivity contribution in [1.82, 2.24) is 10.6 Å². The molecule has 1 aromatic carbocycles. The van der Waals surface area contributed by atoms with Gasteiger partial charge in [-0.05, 0) is 51.7 Å². The zero-order valence-electron chi connectivity index (χ0n) is 37.3. The molecule has 2 rings (SSSR count). The molecule has 1 amide bonds. The highest BCUT2D eigenvalue weighted by molar-refractivity contribution is 6.08. The Kier molecular flexibility index (Phi) is 28.7. The molecule has 2 unspecified atom stereocenters. The quantitative estimate of drug-likeness (QED) is 0.0347. The number of nitrogens with one attached hydrogen (secondary N) is 2. The Labute approximate surface area is 352 Å². The van der Waals surface area contributed by atoms with E-state index in [9.17, 15) is 24.3 Å². The van der Waals surface area contributed by atoms with Gasteiger partial charge in [0.05, 0.1) is 12.2 Å². The number of nitrogens with zero attached hydrogens (tertiary/aromatic N) is 1. The fourth-order valence-corrected chi connectivity index (χ4v) is 8.19. The number of Topliss-reactive ketones (excluding diaryl/α,β-unsaturated/α-hetero) is 1. The van der Waals surface area contributed by atoms with E-state index in [2.05, 4.69) is 29.4 Å². The fraction of sp³-hybridized carbons (Fsp3) is 0.755. The average molecular weight is 810 g/mol. The average Bonchev–Trinajstić information content (AvgIpc) is 3.21. The van der Waals surface area contributed by atoms with Gasteiger partial charge in [-0.2, -0.15) is 0 Å². The summed E-state index contributed by atoms with van der Waals surface area (Å²) in [6.45, 7) is 10.0. The van der Waals surface area contributed by atoms with Crippen LogP contribution < -0.4 is 21.2 Å². The first-order chi connectivity index (χ1) is 28.3. The molecule has 0 bridgehead atoms. The number of carboxylic acid groups (broad SMARTS) is 1. The zero-order valence-corrected chi connectivity index (χ0v) is 37.3. The van der Waals surface area contributed by atoms with E-state index >= 15 is 0 Å². The van der Waals surface area contributed by atoms with Gasteiger partial charge in [0.1, 0.15) is 17.2 Å². The zero-order chi connectivity index (χ0) is 42.2. The minimum absolute atomic E-state index is 0.115. The summed E-state index contributed by atoms with van der Waals surface area (Å²) in [5.74, 6) is -1.28. The van der Waals surface area contributed by atoms with Crippen LogP contribution in [0.25, 0.3) is 11.0 Å². The summed E-state index contributed by atoms with van der Waals surface area (Å²) in [6, 6.07) is 6.90. The molecule has 330 valence electrons. The van der Waals surface area contributed by atoms with Crippen molar-refractivity contribution >= 4 is 34.3 Å². The molecule has 0 aliphatic heterocycles. The molecule has 0 aliphatic rings. The van der Waals surface area contributed by atoms with E-state index in [1.165, 1.54) is 77.0 Å². The first-order valence-electron chi connectivity index (χ1n) is 23.9. The normalized spacial score (nSPS) is 12.5. The number of hydrogen-bond donors (Lipinski definition) is 3. The van der Waals surface area contributed by atoms with Gasteiger partial charge in [-0.1, -0.05) is 174 Å². The number of carbonyl (C=O) groups is 3. The Morgan fingerprint density at radius 3 is 1.62 bits per heavy atom. The summed E-state index contributed by atoms with van der Waals surface area (Å²) in [4.78, 5) is 53.2. The van der Waals surface area contributed by atoms with Crippen LogP contribution in [0.5, 0.6) is 0 Å². The summed E-state index contributed by atoms with van der Waals surface area (Å²) < 4.78 is 5.63. The minimum Gasteiger partial charge on any atom is -0.480 e. The maximum absolute atomic E-state index is 13.7. The van der Waals surface area contributed by atoms with Crippen LogP contribution in [0.2, 0.25) is 0 Å². The Bertz CT molecular complexity index is 1450. The number of para-hydroxylation sites is 1. The maximum atomic E-state index is 13.7. The van der Waals surface area contributed by atoms with Gasteiger partial charge in [0.15, 0.2) is 5.78 Å². The predicted molar refractivity (Wildman–Crippen MR) is 242 cm³/mol. The molecule has 0 fully saturated rings. The van der Waals surface area contributed by atoms with Crippen LogP contribution in [0.3, 0.4) is 0 Å². The van der Waals surface area contributed by atoms with Gasteiger partial charge in [-0.3, -0.25) is 9.59 Å². The van der Waals surface area contributed by atoms with Crippen molar-refractivity contribution in [3.05, 3.63) is 40.2 Å². The lowest BCUT2D eigenvalue weighted by molar-refractivity contribution is -0.142. The van der Waals surface area contributed by atoms with Gasteiger partial charge < -0.3 is 25.1 Å². The summed E-state index contributed by atoms with van der Waals surface area (Å²) in [7, 11) is 0. The topological polar surface area (TPSA) is 129 Å². The van der Waals surface area contributed by atoms with Gasteiger partial charge in [0.25, 0.3) is 0 Å². The summed E-state index contributed by atoms with van der Waals surface area (Å²) in [6.07, 6.45) is 31.0. The smallest absolute Gasteiger partial charge is 0.349 e. The minimum atomic E-state index is -0.928. The standard InChI is InChI=1S/C49H83N3O6/c1-5-9-11-13-14-15-16-17-18-22-25-29-36-42(48(55)56)51-45(54)38-30-26-23-20-19-21-24-28-34-40(33-27-12-10-6-2)50-39-43(53)46-47(52(7-3)8-4)41-35-31-32-37-44(41)58-49(46)57/h31-32,35,37,40,42,50H,5-30,33-34,36,38-39H2,1-4H3,(H,51,54)(H,55,56). The molecular weight excluding hydrogens is 727 g/mol. The lowest BCUT2D eigenvalue weighted by Crippen LogP contribution is -2.40. The molecule has 9 nitrogen and oxygen atoms in total. The van der Waals surface area contributed by atoms with Crippen LogP contribution in [0.1, 0.15) is 218 Å². The third kappa shape index (κ3) is 21.2. The number of aliphatic carboxylic acids is 1. The Balaban J connectivity index is 1.65. The highest BCUT2D eigenvalue weighted by Gasteiger charge is 2.25. The van der Waals surface area contributed by atoms with Gasteiger partial charge in [0.2, 0.25) is 5.91 Å². The molecule has 2 aromatic rings. The SMILES string of the molecule is CCCCCCCCCCCCCCC(NC(=O)CCCCCCCCCCC(CCCCCC)NCC(=O)c1c(N(CC)CC)c2ccccc2oc1=O)C(=O)O. The van der Waals surface area contributed by atoms with E-state index in [4.69, 9.17) is 4.42 Å². The maximum Gasteiger partial charge on any atom is 0.349 e. The third-order valence-electron chi connectivity index (χ3n) is 11.8. The first kappa shape index (κ1) is 50.9. The van der Waals surface area contributed by atoms with Crippen LogP contribution in [0.15, 0.2) is 33.5 Å². The van der Waals surface area contributed by atoms with Gasteiger partial charge >= 0.3 is 11.6 Å². The lowest BCUT2D eigenvalue weighted by Gasteiger charge is -2.25. The number of fused-ring (bicyclic) bond motifs is 1. The van der Waals surface area contributed by atoms with Crippen molar-refractivity contribution in [2.45, 2.75) is 220 Å². The summed E-state index contributed by atoms with van der Waals surface area (Å²) in [5.41, 5.74) is 0.761. The molecule has 0 saturated heterocycles. The number of carbonyl (C=O) groups excluding carboxylic acids is 2. The van der Waals surface area contributed by atoms with Crippen molar-refractivity contribution in [3.8, 4) is 0 Å². The van der Waals surface area contributed by atoms with Crippen LogP contribution in [-0.4, -0.2) is 54.5 Å². The predicted octanol–water partition coefficient (Wildman–Crippen LogP) is 12.3. The third-order valence-corrected chi connectivity index (χ3v) is 11.8. The molecule has 58 heavy (non-hydrogen) atoms. The van der Waals surface area contributed by atoms with Crippen molar-refractivity contribution in [1.29, 1.82) is 0 Å². The molecule has 0 spiro atoms. The van der Waals surface area contributed by atoms with Crippen molar-refractivity contribution in [2.24, 2.45) is 0 Å². The van der Waals surface area contributed by atoms with Gasteiger partial charge in [-0.15, -0.1) is 0 Å². The number of anilines is 1. The van der Waals surface area contributed by atoms with Crippen molar-refractivity contribution < 1.29 is 23.9 Å². The van der Waals surface area contributed by atoms with Gasteiger partial charge in [0, 0.05) is 30.9 Å². The van der Waals surface area contributed by atoms with E-state index in [1.54, 1.807) is 6.07 Å². The summed E-state index contributed by atoms with van der Waals surface area (Å²) in [5, 5.41) is 16.7. The number of carboxylic acids is 1. The molecule has 3 N–H and O–H groups in total. The summed E-state index contributed by atoms with van der Waals surface area (Å²) >= 11 is 0. The number of hydrogen-bond acceptors (Lipinski definition) is 7. The molecule has 1 aromatic heterocycles. The van der Waals surface area contributed by atoms with E-state index in [0.29, 0.717) is 37.2 Å². The molecule has 2 atom stereocenters. The van der Waals surface area contributed by atoms with E-state index in [1.807, 2.05) is 32.0 Å². The number of unbranched alkanes of at least 4 members (excludes halogenated alkanes) is 21. The first-order valence-corrected chi connectivity index (χ1v) is 23.9. The molecule has 9 heteroatoms. The highest BCUT2D eigenvalue weighted by atomic mass is 16.4. The van der Waals surface area contributed by atoms with E-state index in [-0.39, 0.29) is 29.8 Å². The second kappa shape index (κ2) is 32.6. The molecule has 0 saturated carbocycles. The molecule has 0 aliphatic carbocycles. The number of rotatable bonds is 38. The second-order valence-corrected chi connectivity index (χ2v) is 16.6. The second-order valence-electron chi connectivity index (χ2n) is 16.6. The highest BCUT2D eigenvalue weighted by Crippen LogP contribution is 2.29. The fourth-order valence-electron chi connectivity index (χ4n) is 8.19. The number of amides is 1. The van der Waals surface area contributed by atoms with Crippen LogP contribution in [-0.2, 0) is 9.59 Å². The number of ketones is 1. The molecule has 0 radical (unpaired) electrons. The largest absolute Gasteiger partial charge is 0.480 e. The molecular formula is C49H83N3O6. The van der Waals surface area contributed by atoms with Crippen molar-refractivity contribution in [3.63, 3.8) is 0 Å². The van der Waals surface area contributed by atoms with Crippen LogP contribution in [0.4, 0.5) is 5.69 Å². The Morgan fingerprint density at radius 1 is 0.638 bits per heavy atom. The number of benzene rings is 1. The van der Waals surface area contributed by atoms with Gasteiger partial charge in [-0.25, -0.2) is 9.59 Å². The van der Waals surface area contributed by atoms with Crippen LogP contribution >= 0.6 is 0 Å². The van der Waals surface area contributed by atoms with Crippen LogP contribution in [0, 0.1) is 0 Å². The van der Waals surface area contributed by atoms with E-state index < -0.39 is 17.6 Å². The lowest BCUT2D eigenvalue weighted by atomic mass is 9.99. The Morgan fingerprint density at radius 2 is 1.10 bits per heavy atom. The monoisotopic (exact) mass is 810 g/mol. The van der Waals surface area contributed by atoms with Crippen molar-refractivity contribution in [2.75, 3.05) is 24.5 Å². The van der Waals surface area contributed by atoms with E-state index in [0.717, 1.165) is 95.3 Å². The molecule has 1 heterocycles. The Hall–Kier alpha value is -3.20.